The van der Waals surface area contributed by atoms with Crippen LogP contribution in [0.5, 0.6) is 5.75 Å². The minimum Gasteiger partial charge on any atom is -0.496 e. The van der Waals surface area contributed by atoms with E-state index in [1.807, 2.05) is 54.6 Å². The number of hydrogen-bond donors (Lipinski definition) is 0. The Labute approximate surface area is 151 Å². The number of methoxy groups -OCH3 is 1. The number of amides is 1. The molecule has 0 atom stereocenters. The molecule has 6 nitrogen and oxygen atoms in total. The van der Waals surface area contributed by atoms with Gasteiger partial charge in [-0.2, -0.15) is 4.98 Å². The van der Waals surface area contributed by atoms with E-state index in [2.05, 4.69) is 10.1 Å². The van der Waals surface area contributed by atoms with Crippen LogP contribution in [0, 0.1) is 0 Å². The number of carbonyl (C=O) groups excluding carboxylic acids is 1. The minimum atomic E-state index is 0.0376. The number of hydrogen-bond acceptors (Lipinski definition) is 5. The first-order valence-corrected chi connectivity index (χ1v) is 8.53. The third-order valence-electron chi connectivity index (χ3n) is 4.56. The average molecular weight is 349 g/mol. The summed E-state index contributed by atoms with van der Waals surface area (Å²) in [5.74, 6) is 2.16. The summed E-state index contributed by atoms with van der Waals surface area (Å²) >= 11 is 0. The van der Waals surface area contributed by atoms with Crippen LogP contribution in [0.1, 0.15) is 33.6 Å². The molecule has 3 aromatic rings. The highest BCUT2D eigenvalue weighted by Crippen LogP contribution is 2.28. The lowest BCUT2D eigenvalue weighted by molar-refractivity contribution is 0.0569. The molecule has 2 heterocycles. The van der Waals surface area contributed by atoms with Gasteiger partial charge >= 0.3 is 0 Å². The Balaban J connectivity index is 1.38. The molecule has 1 saturated heterocycles. The van der Waals surface area contributed by atoms with Gasteiger partial charge in [0, 0.05) is 30.6 Å². The summed E-state index contributed by atoms with van der Waals surface area (Å²) in [4.78, 5) is 18.7. The quantitative estimate of drug-likeness (QED) is 0.708. The van der Waals surface area contributed by atoms with Crippen molar-refractivity contribution in [1.29, 1.82) is 0 Å². The average Bonchev–Trinajstić information content (AvgIpc) is 3.09. The number of nitrogens with zero attached hydrogens (tertiary/aromatic N) is 3. The maximum absolute atomic E-state index is 12.4. The monoisotopic (exact) mass is 349 g/mol. The molecule has 1 amide bonds. The minimum absolute atomic E-state index is 0.0376. The summed E-state index contributed by atoms with van der Waals surface area (Å²) in [6, 6.07) is 17.1. The zero-order chi connectivity index (χ0) is 17.9. The van der Waals surface area contributed by atoms with E-state index in [-0.39, 0.29) is 11.8 Å². The topological polar surface area (TPSA) is 68.5 Å². The van der Waals surface area contributed by atoms with Crippen LogP contribution >= 0.6 is 0 Å². The van der Waals surface area contributed by atoms with Crippen molar-refractivity contribution in [2.45, 2.75) is 12.3 Å². The van der Waals surface area contributed by atoms with Crippen molar-refractivity contribution in [3.8, 4) is 5.75 Å². The standard InChI is InChI=1S/C20H19N3O3/c1-25-17-10-6-5-9-15(17)11-18-21-19(26-22-18)16-12-23(13-16)20(24)14-7-3-2-4-8-14/h2-10,16H,11-13H2,1H3. The number of para-hydroxylation sites is 1. The van der Waals surface area contributed by atoms with Crippen LogP contribution in [0.3, 0.4) is 0 Å². The first-order valence-electron chi connectivity index (χ1n) is 8.53. The van der Waals surface area contributed by atoms with Crippen molar-refractivity contribution in [3.05, 3.63) is 77.4 Å². The third kappa shape index (κ3) is 3.18. The van der Waals surface area contributed by atoms with E-state index < -0.39 is 0 Å². The molecule has 26 heavy (non-hydrogen) atoms. The second-order valence-electron chi connectivity index (χ2n) is 6.31. The number of benzene rings is 2. The van der Waals surface area contributed by atoms with Gasteiger partial charge in [0.25, 0.3) is 5.91 Å². The Morgan fingerprint density at radius 2 is 1.88 bits per heavy atom. The van der Waals surface area contributed by atoms with Crippen LogP contribution in [0.25, 0.3) is 0 Å². The maximum atomic E-state index is 12.4. The van der Waals surface area contributed by atoms with Crippen LogP contribution in [-0.4, -0.2) is 41.1 Å². The fourth-order valence-electron chi connectivity index (χ4n) is 3.09. The molecule has 1 aliphatic heterocycles. The molecule has 0 spiro atoms. The van der Waals surface area contributed by atoms with Crippen LogP contribution in [0.15, 0.2) is 59.1 Å². The Kier molecular flexibility index (Phi) is 4.39. The zero-order valence-corrected chi connectivity index (χ0v) is 14.5. The van der Waals surface area contributed by atoms with Crippen LogP contribution < -0.4 is 4.74 Å². The predicted molar refractivity (Wildman–Crippen MR) is 95.2 cm³/mol. The molecule has 0 saturated carbocycles. The van der Waals surface area contributed by atoms with Gasteiger partial charge in [-0.05, 0) is 18.2 Å². The molecule has 0 N–H and O–H groups in total. The van der Waals surface area contributed by atoms with E-state index in [9.17, 15) is 4.79 Å². The molecule has 4 rings (SSSR count). The fraction of sp³-hybridized carbons (Fsp3) is 0.250. The van der Waals surface area contributed by atoms with Gasteiger partial charge in [0.05, 0.1) is 13.0 Å². The molecule has 0 radical (unpaired) electrons. The number of ether oxygens (including phenoxy) is 1. The highest BCUT2D eigenvalue weighted by Gasteiger charge is 2.35. The Morgan fingerprint density at radius 3 is 2.65 bits per heavy atom. The summed E-state index contributed by atoms with van der Waals surface area (Å²) in [6.07, 6.45) is 0.549. The first kappa shape index (κ1) is 16.3. The zero-order valence-electron chi connectivity index (χ0n) is 14.5. The van der Waals surface area contributed by atoms with E-state index in [1.165, 1.54) is 0 Å². The molecule has 0 bridgehead atoms. The highest BCUT2D eigenvalue weighted by molar-refractivity contribution is 5.94. The van der Waals surface area contributed by atoms with Gasteiger partial charge in [-0.3, -0.25) is 4.79 Å². The van der Waals surface area contributed by atoms with Gasteiger partial charge < -0.3 is 14.2 Å². The molecule has 0 aliphatic carbocycles. The largest absolute Gasteiger partial charge is 0.496 e. The van der Waals surface area contributed by atoms with E-state index in [0.29, 0.717) is 36.8 Å². The van der Waals surface area contributed by atoms with Crippen molar-refractivity contribution in [1.82, 2.24) is 15.0 Å². The SMILES string of the molecule is COc1ccccc1Cc1noc(C2CN(C(=O)c3ccccc3)C2)n1. The lowest BCUT2D eigenvalue weighted by Gasteiger charge is -2.37. The van der Waals surface area contributed by atoms with Gasteiger partial charge in [-0.15, -0.1) is 0 Å². The van der Waals surface area contributed by atoms with E-state index >= 15 is 0 Å². The molecule has 6 heteroatoms. The van der Waals surface area contributed by atoms with E-state index in [1.54, 1.807) is 12.0 Å². The molecule has 132 valence electrons. The lowest BCUT2D eigenvalue weighted by atomic mass is 9.98. The van der Waals surface area contributed by atoms with E-state index in [4.69, 9.17) is 9.26 Å². The number of rotatable bonds is 5. The number of likely N-dealkylation sites (tertiary alicyclic amines) is 1. The summed E-state index contributed by atoms with van der Waals surface area (Å²) < 4.78 is 10.8. The summed E-state index contributed by atoms with van der Waals surface area (Å²) in [6.45, 7) is 1.20. The fourth-order valence-corrected chi connectivity index (χ4v) is 3.09. The Morgan fingerprint density at radius 1 is 1.15 bits per heavy atom. The normalized spacial score (nSPS) is 14.1. The Hall–Kier alpha value is -3.15. The van der Waals surface area contributed by atoms with Crippen LogP contribution in [0.4, 0.5) is 0 Å². The van der Waals surface area contributed by atoms with Crippen molar-refractivity contribution in [2.75, 3.05) is 20.2 Å². The molecule has 1 aromatic heterocycles. The van der Waals surface area contributed by atoms with Gasteiger partial charge in [0.2, 0.25) is 5.89 Å². The van der Waals surface area contributed by atoms with Crippen LogP contribution in [-0.2, 0) is 6.42 Å². The van der Waals surface area contributed by atoms with Crippen molar-refractivity contribution in [2.24, 2.45) is 0 Å². The highest BCUT2D eigenvalue weighted by atomic mass is 16.5. The summed E-state index contributed by atoms with van der Waals surface area (Å²) in [5, 5.41) is 4.07. The second kappa shape index (κ2) is 7.00. The molecular weight excluding hydrogens is 330 g/mol. The number of aromatic nitrogens is 2. The van der Waals surface area contributed by atoms with Crippen molar-refractivity contribution < 1.29 is 14.1 Å². The lowest BCUT2D eigenvalue weighted by Crippen LogP contribution is -2.48. The van der Waals surface area contributed by atoms with Crippen molar-refractivity contribution >= 4 is 5.91 Å². The van der Waals surface area contributed by atoms with Gasteiger partial charge in [-0.1, -0.05) is 41.6 Å². The predicted octanol–water partition coefficient (Wildman–Crippen LogP) is 2.91. The van der Waals surface area contributed by atoms with Crippen LogP contribution in [0.2, 0.25) is 0 Å². The smallest absolute Gasteiger partial charge is 0.253 e. The van der Waals surface area contributed by atoms with Gasteiger partial charge in [0.15, 0.2) is 5.82 Å². The molecule has 0 unspecified atom stereocenters. The molecular formula is C20H19N3O3. The molecule has 2 aromatic carbocycles. The summed E-state index contributed by atoms with van der Waals surface area (Å²) in [7, 11) is 1.65. The second-order valence-corrected chi connectivity index (χ2v) is 6.31. The van der Waals surface area contributed by atoms with E-state index in [0.717, 1.165) is 11.3 Å². The third-order valence-corrected chi connectivity index (χ3v) is 4.56. The van der Waals surface area contributed by atoms with Gasteiger partial charge in [0.1, 0.15) is 5.75 Å². The summed E-state index contributed by atoms with van der Waals surface area (Å²) in [5.41, 5.74) is 1.71. The maximum Gasteiger partial charge on any atom is 0.253 e. The first-order chi connectivity index (χ1) is 12.7. The van der Waals surface area contributed by atoms with Crippen molar-refractivity contribution in [3.63, 3.8) is 0 Å². The number of carbonyl (C=O) groups is 1. The molecule has 1 aliphatic rings. The van der Waals surface area contributed by atoms with Gasteiger partial charge in [-0.25, -0.2) is 0 Å². The molecule has 1 fully saturated rings. The Bertz CT molecular complexity index is 901.